The standard InChI is InChI=1S/C19H26N2O3/c1-14-6-4-5-7-16(14)21(19(22)10-11-20)13-15-8-9-17(23-2)18(12-15)24-3/h8-9,12,14,16H,4-7,10,13H2,1-3H3. The van der Waals surface area contributed by atoms with Crippen LogP contribution in [0.3, 0.4) is 0 Å². The lowest BCUT2D eigenvalue weighted by Gasteiger charge is -2.38. The molecule has 5 heteroatoms. The summed E-state index contributed by atoms with van der Waals surface area (Å²) in [6, 6.07) is 7.89. The lowest BCUT2D eigenvalue weighted by Crippen LogP contribution is -2.44. The van der Waals surface area contributed by atoms with Gasteiger partial charge in [-0.05, 0) is 36.5 Å². The summed E-state index contributed by atoms with van der Waals surface area (Å²) in [4.78, 5) is 14.4. The molecular formula is C19H26N2O3. The Labute approximate surface area is 144 Å². The lowest BCUT2D eigenvalue weighted by molar-refractivity contribution is -0.135. The monoisotopic (exact) mass is 330 g/mol. The fourth-order valence-corrected chi connectivity index (χ4v) is 3.49. The summed E-state index contributed by atoms with van der Waals surface area (Å²) < 4.78 is 10.6. The number of nitrogens with zero attached hydrogens (tertiary/aromatic N) is 2. The Hall–Kier alpha value is -2.22. The first-order valence-electron chi connectivity index (χ1n) is 8.48. The van der Waals surface area contributed by atoms with E-state index in [1.165, 1.54) is 6.42 Å². The minimum absolute atomic E-state index is 0.0729. The van der Waals surface area contributed by atoms with Crippen LogP contribution in [0.15, 0.2) is 18.2 Å². The van der Waals surface area contributed by atoms with Crippen molar-refractivity contribution in [1.29, 1.82) is 5.26 Å². The maximum atomic E-state index is 12.5. The molecule has 0 spiro atoms. The van der Waals surface area contributed by atoms with Crippen LogP contribution in [0.5, 0.6) is 11.5 Å². The highest BCUT2D eigenvalue weighted by atomic mass is 16.5. The second-order valence-corrected chi connectivity index (χ2v) is 6.37. The van der Waals surface area contributed by atoms with Gasteiger partial charge in [0.05, 0.1) is 20.3 Å². The van der Waals surface area contributed by atoms with Crippen LogP contribution >= 0.6 is 0 Å². The predicted molar refractivity (Wildman–Crippen MR) is 91.7 cm³/mol. The Kier molecular flexibility index (Phi) is 6.48. The van der Waals surface area contributed by atoms with Crippen LogP contribution in [0.4, 0.5) is 0 Å². The molecule has 0 aliphatic heterocycles. The van der Waals surface area contributed by atoms with Gasteiger partial charge in [0.25, 0.3) is 0 Å². The topological polar surface area (TPSA) is 62.6 Å². The molecule has 0 radical (unpaired) electrons. The Morgan fingerprint density at radius 2 is 1.96 bits per heavy atom. The second kappa shape index (κ2) is 8.58. The van der Waals surface area contributed by atoms with Gasteiger partial charge in [-0.3, -0.25) is 4.79 Å². The van der Waals surface area contributed by atoms with E-state index in [0.717, 1.165) is 24.8 Å². The molecule has 130 valence electrons. The van der Waals surface area contributed by atoms with E-state index in [1.807, 2.05) is 29.2 Å². The molecule has 1 aromatic carbocycles. The normalized spacial score (nSPS) is 20.1. The number of hydrogen-bond donors (Lipinski definition) is 0. The van der Waals surface area contributed by atoms with Gasteiger partial charge in [0, 0.05) is 12.6 Å². The van der Waals surface area contributed by atoms with Gasteiger partial charge in [-0.2, -0.15) is 5.26 Å². The third kappa shape index (κ3) is 4.19. The van der Waals surface area contributed by atoms with Crippen molar-refractivity contribution in [3.63, 3.8) is 0 Å². The number of nitriles is 1. The fourth-order valence-electron chi connectivity index (χ4n) is 3.49. The number of carbonyl (C=O) groups excluding carboxylic acids is 1. The van der Waals surface area contributed by atoms with Gasteiger partial charge in [-0.1, -0.05) is 25.8 Å². The van der Waals surface area contributed by atoms with Crippen molar-refractivity contribution in [2.75, 3.05) is 14.2 Å². The van der Waals surface area contributed by atoms with Crippen molar-refractivity contribution in [3.05, 3.63) is 23.8 Å². The average molecular weight is 330 g/mol. The van der Waals surface area contributed by atoms with E-state index >= 15 is 0 Å². The van der Waals surface area contributed by atoms with Gasteiger partial charge in [-0.15, -0.1) is 0 Å². The highest BCUT2D eigenvalue weighted by Gasteiger charge is 2.30. The summed E-state index contributed by atoms with van der Waals surface area (Å²) in [7, 11) is 3.20. The quantitative estimate of drug-likeness (QED) is 0.800. The Morgan fingerprint density at radius 1 is 1.25 bits per heavy atom. The van der Waals surface area contributed by atoms with Crippen LogP contribution in [0, 0.1) is 17.2 Å². The zero-order valence-corrected chi connectivity index (χ0v) is 14.7. The third-order valence-electron chi connectivity index (χ3n) is 4.82. The van der Waals surface area contributed by atoms with E-state index in [0.29, 0.717) is 24.0 Å². The molecule has 1 fully saturated rings. The molecule has 5 nitrogen and oxygen atoms in total. The number of methoxy groups -OCH3 is 2. The molecule has 1 saturated carbocycles. The maximum absolute atomic E-state index is 12.5. The largest absolute Gasteiger partial charge is 0.493 e. The summed E-state index contributed by atoms with van der Waals surface area (Å²) in [6.07, 6.45) is 4.42. The number of rotatable bonds is 6. The zero-order valence-electron chi connectivity index (χ0n) is 14.7. The predicted octanol–water partition coefficient (Wildman–Crippen LogP) is 3.52. The SMILES string of the molecule is COc1ccc(CN(C(=O)CC#N)C2CCCCC2C)cc1OC. The highest BCUT2D eigenvalue weighted by molar-refractivity contribution is 5.78. The molecule has 0 N–H and O–H groups in total. The van der Waals surface area contributed by atoms with E-state index in [-0.39, 0.29) is 18.4 Å². The number of carbonyl (C=O) groups is 1. The molecule has 0 aromatic heterocycles. The summed E-state index contributed by atoms with van der Waals surface area (Å²) in [6.45, 7) is 2.70. The van der Waals surface area contributed by atoms with E-state index < -0.39 is 0 Å². The molecule has 0 saturated heterocycles. The Bertz CT molecular complexity index is 609. The number of benzene rings is 1. The minimum Gasteiger partial charge on any atom is -0.493 e. The number of ether oxygens (including phenoxy) is 2. The Balaban J connectivity index is 2.24. The van der Waals surface area contributed by atoms with Crippen LogP contribution in [-0.2, 0) is 11.3 Å². The van der Waals surface area contributed by atoms with E-state index in [4.69, 9.17) is 14.7 Å². The van der Waals surface area contributed by atoms with E-state index in [9.17, 15) is 4.79 Å². The molecule has 1 aromatic rings. The molecule has 1 aliphatic rings. The van der Waals surface area contributed by atoms with Crippen molar-refractivity contribution < 1.29 is 14.3 Å². The second-order valence-electron chi connectivity index (χ2n) is 6.37. The number of amides is 1. The smallest absolute Gasteiger partial charge is 0.237 e. The number of hydrogen-bond acceptors (Lipinski definition) is 4. The van der Waals surface area contributed by atoms with Crippen molar-refractivity contribution >= 4 is 5.91 Å². The summed E-state index contributed by atoms with van der Waals surface area (Å²) >= 11 is 0. The fraction of sp³-hybridized carbons (Fsp3) is 0.579. The lowest BCUT2D eigenvalue weighted by atomic mass is 9.84. The molecule has 1 amide bonds. The highest BCUT2D eigenvalue weighted by Crippen LogP contribution is 2.32. The zero-order chi connectivity index (χ0) is 17.5. The van der Waals surface area contributed by atoms with Gasteiger partial charge in [0.1, 0.15) is 6.42 Å². The summed E-state index contributed by atoms with van der Waals surface area (Å²) in [5, 5.41) is 8.93. The van der Waals surface area contributed by atoms with Gasteiger partial charge in [0.15, 0.2) is 11.5 Å². The maximum Gasteiger partial charge on any atom is 0.237 e. The molecule has 2 unspecified atom stereocenters. The molecule has 0 heterocycles. The van der Waals surface area contributed by atoms with Crippen LogP contribution < -0.4 is 9.47 Å². The van der Waals surface area contributed by atoms with Gasteiger partial charge in [-0.25, -0.2) is 0 Å². The van der Waals surface area contributed by atoms with Gasteiger partial charge < -0.3 is 14.4 Å². The molecule has 2 rings (SSSR count). The van der Waals surface area contributed by atoms with Crippen LogP contribution in [-0.4, -0.2) is 31.1 Å². The van der Waals surface area contributed by atoms with E-state index in [2.05, 4.69) is 6.92 Å². The molecule has 2 atom stereocenters. The first-order chi connectivity index (χ1) is 11.6. The molecular weight excluding hydrogens is 304 g/mol. The van der Waals surface area contributed by atoms with Crippen LogP contribution in [0.1, 0.15) is 44.6 Å². The van der Waals surface area contributed by atoms with Gasteiger partial charge in [0.2, 0.25) is 5.91 Å². The van der Waals surface area contributed by atoms with Crippen LogP contribution in [0.25, 0.3) is 0 Å². The minimum atomic E-state index is -0.0916. The van der Waals surface area contributed by atoms with Crippen molar-refractivity contribution in [2.45, 2.75) is 51.6 Å². The molecule has 1 aliphatic carbocycles. The first-order valence-corrected chi connectivity index (χ1v) is 8.48. The first kappa shape index (κ1) is 18.1. The molecule has 24 heavy (non-hydrogen) atoms. The summed E-state index contributed by atoms with van der Waals surface area (Å²) in [5.41, 5.74) is 0.983. The van der Waals surface area contributed by atoms with Gasteiger partial charge >= 0.3 is 0 Å². The van der Waals surface area contributed by atoms with Crippen LogP contribution in [0.2, 0.25) is 0 Å². The van der Waals surface area contributed by atoms with Crippen molar-refractivity contribution in [2.24, 2.45) is 5.92 Å². The third-order valence-corrected chi connectivity index (χ3v) is 4.82. The molecule has 0 bridgehead atoms. The van der Waals surface area contributed by atoms with Crippen molar-refractivity contribution in [3.8, 4) is 17.6 Å². The average Bonchev–Trinajstić information content (AvgIpc) is 2.60. The van der Waals surface area contributed by atoms with Crippen molar-refractivity contribution in [1.82, 2.24) is 4.90 Å². The summed E-state index contributed by atoms with van der Waals surface area (Å²) in [5.74, 6) is 1.69. The Morgan fingerprint density at radius 3 is 2.58 bits per heavy atom. The van der Waals surface area contributed by atoms with E-state index in [1.54, 1.807) is 14.2 Å².